The van der Waals surface area contributed by atoms with Crippen molar-refractivity contribution >= 4 is 22.5 Å². The van der Waals surface area contributed by atoms with Gasteiger partial charge < -0.3 is 5.32 Å². The molecular weight excluding hydrogens is 250 g/mol. The van der Waals surface area contributed by atoms with Crippen molar-refractivity contribution in [1.82, 2.24) is 9.78 Å². The van der Waals surface area contributed by atoms with E-state index in [0.717, 1.165) is 22.2 Å². The summed E-state index contributed by atoms with van der Waals surface area (Å²) in [6.07, 6.45) is 0. The number of rotatable bonds is 2. The zero-order valence-electron chi connectivity index (χ0n) is 11.4. The summed E-state index contributed by atoms with van der Waals surface area (Å²) >= 11 is 0. The molecule has 0 bridgehead atoms. The monoisotopic (exact) mass is 265 g/mol. The molecule has 1 heterocycles. The Bertz CT molecular complexity index is 772. The van der Waals surface area contributed by atoms with Gasteiger partial charge in [-0.2, -0.15) is 5.10 Å². The lowest BCUT2D eigenvalue weighted by Gasteiger charge is -2.03. The van der Waals surface area contributed by atoms with Gasteiger partial charge in [0.2, 0.25) is 0 Å². The summed E-state index contributed by atoms with van der Waals surface area (Å²) in [4.78, 5) is 12.3. The van der Waals surface area contributed by atoms with E-state index >= 15 is 0 Å². The van der Waals surface area contributed by atoms with Crippen LogP contribution in [0.15, 0.2) is 48.5 Å². The molecule has 0 radical (unpaired) electrons. The van der Waals surface area contributed by atoms with Crippen molar-refractivity contribution in [3.05, 3.63) is 59.8 Å². The molecule has 0 atom stereocenters. The molecule has 1 N–H and O–H groups in total. The molecule has 1 aromatic heterocycles. The first-order chi connectivity index (χ1) is 9.65. The van der Waals surface area contributed by atoms with Crippen LogP contribution < -0.4 is 5.32 Å². The average Bonchev–Trinajstić information content (AvgIpc) is 2.79. The summed E-state index contributed by atoms with van der Waals surface area (Å²) in [7, 11) is 1.84. The third kappa shape index (κ3) is 2.16. The number of anilines is 1. The predicted octanol–water partition coefficient (Wildman–Crippen LogP) is 3.13. The van der Waals surface area contributed by atoms with Gasteiger partial charge in [0.1, 0.15) is 0 Å². The van der Waals surface area contributed by atoms with Gasteiger partial charge in [0.15, 0.2) is 5.69 Å². The van der Waals surface area contributed by atoms with E-state index in [4.69, 9.17) is 0 Å². The van der Waals surface area contributed by atoms with Gasteiger partial charge in [-0.3, -0.25) is 9.48 Å². The fourth-order valence-corrected chi connectivity index (χ4v) is 2.21. The van der Waals surface area contributed by atoms with Crippen molar-refractivity contribution in [3.63, 3.8) is 0 Å². The normalized spacial score (nSPS) is 10.7. The van der Waals surface area contributed by atoms with Gasteiger partial charge in [-0.25, -0.2) is 0 Å². The van der Waals surface area contributed by atoms with Crippen molar-refractivity contribution in [1.29, 1.82) is 0 Å². The number of carbonyl (C=O) groups is 1. The lowest BCUT2D eigenvalue weighted by molar-refractivity contribution is 0.102. The number of nitrogens with zero attached hydrogens (tertiary/aromatic N) is 2. The van der Waals surface area contributed by atoms with Crippen LogP contribution in [0, 0.1) is 6.92 Å². The van der Waals surface area contributed by atoms with Crippen molar-refractivity contribution in [2.45, 2.75) is 6.92 Å². The van der Waals surface area contributed by atoms with Crippen molar-refractivity contribution in [2.75, 3.05) is 5.32 Å². The molecule has 3 rings (SSSR count). The Hall–Kier alpha value is -2.62. The first-order valence-corrected chi connectivity index (χ1v) is 6.45. The van der Waals surface area contributed by atoms with Crippen molar-refractivity contribution in [2.24, 2.45) is 7.05 Å². The summed E-state index contributed by atoms with van der Waals surface area (Å²) in [5, 5.41) is 8.04. The lowest BCUT2D eigenvalue weighted by atomic mass is 10.2. The second-order valence-corrected chi connectivity index (χ2v) is 4.81. The molecule has 100 valence electrons. The van der Waals surface area contributed by atoms with E-state index < -0.39 is 0 Å². The van der Waals surface area contributed by atoms with E-state index in [-0.39, 0.29) is 5.91 Å². The third-order valence-corrected chi connectivity index (χ3v) is 3.28. The van der Waals surface area contributed by atoms with Gasteiger partial charge in [0.05, 0.1) is 5.52 Å². The molecular formula is C16H15N3O. The van der Waals surface area contributed by atoms with Gasteiger partial charge >= 0.3 is 0 Å². The Kier molecular flexibility index (Phi) is 2.99. The molecule has 0 aliphatic rings. The van der Waals surface area contributed by atoms with Crippen LogP contribution in [0.4, 0.5) is 5.69 Å². The van der Waals surface area contributed by atoms with E-state index in [1.807, 2.05) is 62.5 Å². The minimum absolute atomic E-state index is 0.189. The molecule has 0 aliphatic carbocycles. The second-order valence-electron chi connectivity index (χ2n) is 4.81. The predicted molar refractivity (Wildman–Crippen MR) is 79.8 cm³/mol. The molecule has 20 heavy (non-hydrogen) atoms. The van der Waals surface area contributed by atoms with E-state index in [0.29, 0.717) is 5.69 Å². The van der Waals surface area contributed by atoms with Crippen LogP contribution in [-0.4, -0.2) is 15.7 Å². The highest BCUT2D eigenvalue weighted by Crippen LogP contribution is 2.19. The highest BCUT2D eigenvalue weighted by Gasteiger charge is 2.15. The number of hydrogen-bond acceptors (Lipinski definition) is 2. The van der Waals surface area contributed by atoms with E-state index in [1.54, 1.807) is 4.68 Å². The minimum atomic E-state index is -0.189. The maximum absolute atomic E-state index is 12.3. The number of amides is 1. The number of benzene rings is 2. The van der Waals surface area contributed by atoms with Crippen LogP contribution in [0.3, 0.4) is 0 Å². The molecule has 4 heteroatoms. The van der Waals surface area contributed by atoms with Gasteiger partial charge in [-0.15, -0.1) is 0 Å². The summed E-state index contributed by atoms with van der Waals surface area (Å²) < 4.78 is 1.72. The number of carbonyl (C=O) groups excluding carboxylic acids is 1. The Labute approximate surface area is 117 Å². The quantitative estimate of drug-likeness (QED) is 0.773. The standard InChI is InChI=1S/C16H15N3O/c1-11-7-9-12(10-8-11)17-16(20)15-13-5-3-4-6-14(13)19(2)18-15/h3-10H,1-2H3,(H,17,20). The number of fused-ring (bicyclic) bond motifs is 1. The minimum Gasteiger partial charge on any atom is -0.321 e. The Morgan fingerprint density at radius 2 is 1.80 bits per heavy atom. The molecule has 4 nitrogen and oxygen atoms in total. The van der Waals surface area contributed by atoms with Crippen LogP contribution in [0.2, 0.25) is 0 Å². The van der Waals surface area contributed by atoms with Gasteiger partial charge in [-0.1, -0.05) is 35.9 Å². The summed E-state index contributed by atoms with van der Waals surface area (Å²) in [5.74, 6) is -0.189. The molecule has 0 fully saturated rings. The van der Waals surface area contributed by atoms with Crippen LogP contribution >= 0.6 is 0 Å². The number of nitrogens with one attached hydrogen (secondary N) is 1. The van der Waals surface area contributed by atoms with Gasteiger partial charge in [0.25, 0.3) is 5.91 Å². The SMILES string of the molecule is Cc1ccc(NC(=O)c2nn(C)c3ccccc23)cc1. The number of aromatic nitrogens is 2. The average molecular weight is 265 g/mol. The molecule has 3 aromatic rings. The lowest BCUT2D eigenvalue weighted by Crippen LogP contribution is -2.13. The molecule has 1 amide bonds. The molecule has 0 unspecified atom stereocenters. The molecule has 0 saturated carbocycles. The molecule has 0 aliphatic heterocycles. The fourth-order valence-electron chi connectivity index (χ4n) is 2.21. The van der Waals surface area contributed by atoms with Gasteiger partial charge in [0, 0.05) is 18.1 Å². The summed E-state index contributed by atoms with van der Waals surface area (Å²) in [5.41, 5.74) is 3.33. The Balaban J connectivity index is 1.95. The number of aryl methyl sites for hydroxylation is 2. The van der Waals surface area contributed by atoms with E-state index in [1.165, 1.54) is 0 Å². The Morgan fingerprint density at radius 3 is 2.55 bits per heavy atom. The van der Waals surface area contributed by atoms with E-state index in [2.05, 4.69) is 10.4 Å². The first kappa shape index (κ1) is 12.4. The zero-order chi connectivity index (χ0) is 14.1. The highest BCUT2D eigenvalue weighted by atomic mass is 16.1. The maximum Gasteiger partial charge on any atom is 0.276 e. The topological polar surface area (TPSA) is 46.9 Å². The van der Waals surface area contributed by atoms with Crippen molar-refractivity contribution in [3.8, 4) is 0 Å². The van der Waals surface area contributed by atoms with E-state index in [9.17, 15) is 4.79 Å². The highest BCUT2D eigenvalue weighted by molar-refractivity contribution is 6.11. The Morgan fingerprint density at radius 1 is 1.10 bits per heavy atom. The smallest absolute Gasteiger partial charge is 0.276 e. The van der Waals surface area contributed by atoms with Crippen LogP contribution in [-0.2, 0) is 7.05 Å². The van der Waals surface area contributed by atoms with Crippen molar-refractivity contribution < 1.29 is 4.79 Å². The van der Waals surface area contributed by atoms with Crippen LogP contribution in [0.5, 0.6) is 0 Å². The van der Waals surface area contributed by atoms with Gasteiger partial charge in [-0.05, 0) is 25.1 Å². The summed E-state index contributed by atoms with van der Waals surface area (Å²) in [6.45, 7) is 2.01. The molecule has 0 spiro atoms. The maximum atomic E-state index is 12.3. The second kappa shape index (κ2) is 4.81. The first-order valence-electron chi connectivity index (χ1n) is 6.45. The largest absolute Gasteiger partial charge is 0.321 e. The fraction of sp³-hybridized carbons (Fsp3) is 0.125. The molecule has 0 saturated heterocycles. The molecule has 2 aromatic carbocycles. The zero-order valence-corrected chi connectivity index (χ0v) is 11.4. The number of hydrogen-bond donors (Lipinski definition) is 1. The number of para-hydroxylation sites is 1. The summed E-state index contributed by atoms with van der Waals surface area (Å²) in [6, 6.07) is 15.4. The third-order valence-electron chi connectivity index (χ3n) is 3.28. The van der Waals surface area contributed by atoms with Crippen LogP contribution in [0.1, 0.15) is 16.1 Å². The van der Waals surface area contributed by atoms with Crippen LogP contribution in [0.25, 0.3) is 10.9 Å².